The van der Waals surface area contributed by atoms with Crippen LogP contribution in [0.2, 0.25) is 5.02 Å². The molecule has 2 rings (SSSR count). The van der Waals surface area contributed by atoms with Crippen LogP contribution in [0.4, 0.5) is 0 Å². The summed E-state index contributed by atoms with van der Waals surface area (Å²) in [6.07, 6.45) is 0.688. The fourth-order valence-corrected chi connectivity index (χ4v) is 2.23. The van der Waals surface area contributed by atoms with Gasteiger partial charge in [0.1, 0.15) is 11.8 Å². The van der Waals surface area contributed by atoms with Crippen LogP contribution in [0.25, 0.3) is 0 Å². The predicted molar refractivity (Wildman–Crippen MR) is 90.2 cm³/mol. The smallest absolute Gasteiger partial charge is 0.258 e. The minimum Gasteiger partial charge on any atom is -0.493 e. The van der Waals surface area contributed by atoms with Gasteiger partial charge in [0.25, 0.3) is 5.91 Å². The van der Waals surface area contributed by atoms with E-state index < -0.39 is 0 Å². The minimum absolute atomic E-state index is 0.224. The van der Waals surface area contributed by atoms with Crippen molar-refractivity contribution < 1.29 is 14.1 Å². The molecule has 0 saturated carbocycles. The number of aromatic nitrogens is 2. The van der Waals surface area contributed by atoms with Crippen LogP contribution in [-0.2, 0) is 0 Å². The predicted octanol–water partition coefficient (Wildman–Crippen LogP) is 2.59. The molecule has 0 bridgehead atoms. The Kier molecular flexibility index (Phi) is 6.16. The minimum atomic E-state index is -0.369. The van der Waals surface area contributed by atoms with Gasteiger partial charge in [0.2, 0.25) is 5.89 Å². The summed E-state index contributed by atoms with van der Waals surface area (Å²) in [4.78, 5) is 18.5. The average Bonchev–Trinajstić information content (AvgIpc) is 3.00. The lowest BCUT2D eigenvalue weighted by molar-refractivity contribution is 0.0711. The van der Waals surface area contributed by atoms with Gasteiger partial charge in [-0.05, 0) is 45.0 Å². The molecular weight excluding hydrogens is 332 g/mol. The van der Waals surface area contributed by atoms with Gasteiger partial charge in [0, 0.05) is 12.1 Å². The average molecular weight is 353 g/mol. The van der Waals surface area contributed by atoms with Gasteiger partial charge in [-0.15, -0.1) is 0 Å². The molecule has 0 aliphatic rings. The molecule has 0 unspecified atom stereocenters. The number of carbonyl (C=O) groups is 1. The fraction of sp³-hybridized carbons (Fsp3) is 0.438. The molecule has 24 heavy (non-hydrogen) atoms. The zero-order valence-electron chi connectivity index (χ0n) is 14.0. The number of carbonyl (C=O) groups excluding carboxylic acids is 1. The van der Waals surface area contributed by atoms with E-state index in [-0.39, 0.29) is 11.9 Å². The highest BCUT2D eigenvalue weighted by Crippen LogP contribution is 2.27. The first-order valence-corrected chi connectivity index (χ1v) is 8.01. The van der Waals surface area contributed by atoms with Crippen LogP contribution in [0.1, 0.15) is 41.5 Å². The number of hydrogen-bond donors (Lipinski definition) is 1. The van der Waals surface area contributed by atoms with Crippen LogP contribution in [0.5, 0.6) is 5.75 Å². The molecule has 0 spiro atoms. The van der Waals surface area contributed by atoms with Crippen molar-refractivity contribution >= 4 is 17.5 Å². The molecule has 0 fully saturated rings. The summed E-state index contributed by atoms with van der Waals surface area (Å²) in [6.45, 7) is 4.47. The van der Waals surface area contributed by atoms with Gasteiger partial charge in [-0.1, -0.05) is 16.8 Å². The molecule has 8 heteroatoms. The molecule has 1 amide bonds. The Balaban J connectivity index is 2.21. The summed E-state index contributed by atoms with van der Waals surface area (Å²) in [7, 11) is 1.67. The monoisotopic (exact) mass is 352 g/mol. The summed E-state index contributed by atoms with van der Waals surface area (Å²) in [6, 6.07) is 4.55. The third kappa shape index (κ3) is 4.24. The Morgan fingerprint density at radius 1 is 1.50 bits per heavy atom. The third-order valence-electron chi connectivity index (χ3n) is 3.58. The zero-order valence-corrected chi connectivity index (χ0v) is 14.7. The number of hydrogen-bond acceptors (Lipinski definition) is 6. The lowest BCUT2D eigenvalue weighted by Gasteiger charge is -2.23. The molecule has 2 aromatic rings. The van der Waals surface area contributed by atoms with Crippen LogP contribution in [-0.4, -0.2) is 41.1 Å². The van der Waals surface area contributed by atoms with E-state index in [1.807, 2.05) is 6.92 Å². The molecular formula is C16H21ClN4O3. The first-order chi connectivity index (χ1) is 11.4. The van der Waals surface area contributed by atoms with Gasteiger partial charge in [-0.3, -0.25) is 4.79 Å². The van der Waals surface area contributed by atoms with Crippen molar-refractivity contribution in [2.75, 3.05) is 20.2 Å². The number of amides is 1. The zero-order chi connectivity index (χ0) is 17.7. The van der Waals surface area contributed by atoms with Crippen molar-refractivity contribution in [3.8, 4) is 5.75 Å². The Morgan fingerprint density at radius 2 is 2.25 bits per heavy atom. The fourth-order valence-electron chi connectivity index (χ4n) is 2.07. The summed E-state index contributed by atoms with van der Waals surface area (Å²) in [5, 5.41) is 4.25. The van der Waals surface area contributed by atoms with E-state index >= 15 is 0 Å². The normalized spacial score (nSPS) is 12.0. The molecule has 0 radical (unpaired) electrons. The third-order valence-corrected chi connectivity index (χ3v) is 3.82. The summed E-state index contributed by atoms with van der Waals surface area (Å²) < 4.78 is 10.8. The van der Waals surface area contributed by atoms with Gasteiger partial charge in [0.15, 0.2) is 5.82 Å². The van der Waals surface area contributed by atoms with Gasteiger partial charge in [-0.2, -0.15) is 4.98 Å². The second-order valence-electron chi connectivity index (χ2n) is 5.40. The van der Waals surface area contributed by atoms with E-state index in [1.165, 1.54) is 4.90 Å². The number of nitrogens with zero attached hydrogens (tertiary/aromatic N) is 3. The molecule has 1 aromatic heterocycles. The molecule has 0 saturated heterocycles. The van der Waals surface area contributed by atoms with E-state index in [9.17, 15) is 4.79 Å². The van der Waals surface area contributed by atoms with Crippen molar-refractivity contribution in [2.24, 2.45) is 5.73 Å². The van der Waals surface area contributed by atoms with E-state index in [4.69, 9.17) is 26.6 Å². The van der Waals surface area contributed by atoms with E-state index in [2.05, 4.69) is 10.1 Å². The summed E-state index contributed by atoms with van der Waals surface area (Å²) >= 11 is 6.01. The first-order valence-electron chi connectivity index (χ1n) is 7.63. The molecule has 7 nitrogen and oxygen atoms in total. The van der Waals surface area contributed by atoms with Crippen LogP contribution >= 0.6 is 11.6 Å². The van der Waals surface area contributed by atoms with Crippen molar-refractivity contribution in [3.63, 3.8) is 0 Å². The highest BCUT2D eigenvalue weighted by Gasteiger charge is 2.25. The van der Waals surface area contributed by atoms with Gasteiger partial charge in [0.05, 0.1) is 12.2 Å². The van der Waals surface area contributed by atoms with E-state index in [0.717, 1.165) is 0 Å². The number of rotatable bonds is 7. The second kappa shape index (κ2) is 8.12. The Hall–Kier alpha value is -2.12. The SMILES string of the molecule is Cc1noc([C@@H](C)N(C)C(=O)c2ccc(Cl)cc2OCCCN)n1. The molecule has 1 aromatic carbocycles. The number of ether oxygens (including phenoxy) is 1. The highest BCUT2D eigenvalue weighted by molar-refractivity contribution is 6.30. The first kappa shape index (κ1) is 18.2. The van der Waals surface area contributed by atoms with Crippen molar-refractivity contribution in [3.05, 3.63) is 40.5 Å². The second-order valence-corrected chi connectivity index (χ2v) is 5.84. The summed E-state index contributed by atoms with van der Waals surface area (Å²) in [5.74, 6) is 1.11. The number of halogens is 1. The molecule has 0 aliphatic heterocycles. The molecule has 2 N–H and O–H groups in total. The molecule has 130 valence electrons. The maximum atomic E-state index is 12.8. The van der Waals surface area contributed by atoms with E-state index in [0.29, 0.717) is 47.6 Å². The molecule has 1 heterocycles. The topological polar surface area (TPSA) is 94.5 Å². The highest BCUT2D eigenvalue weighted by atomic mass is 35.5. The van der Waals surface area contributed by atoms with Gasteiger partial charge < -0.3 is 19.9 Å². The van der Waals surface area contributed by atoms with E-state index in [1.54, 1.807) is 32.2 Å². The van der Waals surface area contributed by atoms with Crippen molar-refractivity contribution in [2.45, 2.75) is 26.3 Å². The Bertz CT molecular complexity index is 704. The van der Waals surface area contributed by atoms with Crippen molar-refractivity contribution in [1.29, 1.82) is 0 Å². The largest absolute Gasteiger partial charge is 0.493 e. The maximum Gasteiger partial charge on any atom is 0.258 e. The van der Waals surface area contributed by atoms with Crippen LogP contribution in [0.15, 0.2) is 22.7 Å². The number of aryl methyl sites for hydroxylation is 1. The van der Waals surface area contributed by atoms with Crippen LogP contribution in [0, 0.1) is 6.92 Å². The van der Waals surface area contributed by atoms with Gasteiger partial charge in [-0.25, -0.2) is 0 Å². The Labute approximate surface area is 145 Å². The molecule has 1 atom stereocenters. The Morgan fingerprint density at radius 3 is 2.88 bits per heavy atom. The van der Waals surface area contributed by atoms with Crippen LogP contribution in [0.3, 0.4) is 0 Å². The maximum absolute atomic E-state index is 12.8. The lowest BCUT2D eigenvalue weighted by atomic mass is 10.1. The van der Waals surface area contributed by atoms with Crippen LogP contribution < -0.4 is 10.5 Å². The lowest BCUT2D eigenvalue weighted by Crippen LogP contribution is -2.30. The molecule has 0 aliphatic carbocycles. The van der Waals surface area contributed by atoms with Gasteiger partial charge >= 0.3 is 0 Å². The van der Waals surface area contributed by atoms with Crippen molar-refractivity contribution in [1.82, 2.24) is 15.0 Å². The number of nitrogens with two attached hydrogens (primary N) is 1. The number of benzene rings is 1. The quantitative estimate of drug-likeness (QED) is 0.769. The standard InChI is InChI=1S/C16H21ClN4O3/c1-10(15-19-11(2)20-24-15)21(3)16(22)13-6-5-12(17)9-14(13)23-8-4-7-18/h5-6,9-10H,4,7-8,18H2,1-3H3/t10-/m1/s1. The summed E-state index contributed by atoms with van der Waals surface area (Å²) in [5.41, 5.74) is 5.89.